The van der Waals surface area contributed by atoms with Gasteiger partial charge in [-0.1, -0.05) is 6.07 Å². The summed E-state index contributed by atoms with van der Waals surface area (Å²) >= 11 is 1.65. The van der Waals surface area contributed by atoms with Crippen molar-refractivity contribution in [3.63, 3.8) is 0 Å². The quantitative estimate of drug-likeness (QED) is 0.814. The van der Waals surface area contributed by atoms with E-state index in [0.717, 1.165) is 13.0 Å². The molecule has 88 valence electrons. The first-order valence-electron chi connectivity index (χ1n) is 5.54. The summed E-state index contributed by atoms with van der Waals surface area (Å²) in [4.78, 5) is 1.18. The topological polar surface area (TPSA) is 32.3 Å². The highest BCUT2D eigenvalue weighted by Gasteiger charge is 2.24. The Morgan fingerprint density at radius 3 is 3.06 bits per heavy atom. The van der Waals surface area contributed by atoms with Gasteiger partial charge in [0.2, 0.25) is 0 Å². The number of phenolic OH excluding ortho intramolecular Hbond substituents is 1. The number of phenols is 1. The van der Waals surface area contributed by atoms with E-state index in [9.17, 15) is 9.50 Å². The van der Waals surface area contributed by atoms with Gasteiger partial charge in [-0.2, -0.15) is 0 Å². The first-order valence-corrected chi connectivity index (χ1v) is 6.42. The number of aromatic hydroxyl groups is 1. The van der Waals surface area contributed by atoms with Crippen LogP contribution in [0.5, 0.6) is 5.75 Å². The standard InChI is InChI=1S/C13H12FNOS/c14-11-7-9(16)1-2-10(11)12-13-8(3-5-15-12)4-6-17-13/h1-2,4,6-7,12,15-16H,3,5H2. The molecular formula is C13H12FNOS. The van der Waals surface area contributed by atoms with Crippen LogP contribution in [0.25, 0.3) is 0 Å². The minimum absolute atomic E-state index is 0.0338. The van der Waals surface area contributed by atoms with Crippen LogP contribution in [0.2, 0.25) is 0 Å². The van der Waals surface area contributed by atoms with Crippen molar-refractivity contribution in [2.24, 2.45) is 0 Å². The summed E-state index contributed by atoms with van der Waals surface area (Å²) in [6, 6.07) is 6.36. The van der Waals surface area contributed by atoms with Crippen LogP contribution >= 0.6 is 11.3 Å². The van der Waals surface area contributed by atoms with Crippen LogP contribution in [0, 0.1) is 5.82 Å². The number of benzene rings is 1. The van der Waals surface area contributed by atoms with Crippen molar-refractivity contribution in [1.82, 2.24) is 5.32 Å². The predicted molar refractivity (Wildman–Crippen MR) is 65.9 cm³/mol. The zero-order chi connectivity index (χ0) is 11.8. The van der Waals surface area contributed by atoms with E-state index in [0.29, 0.717) is 5.56 Å². The Labute approximate surface area is 103 Å². The average Bonchev–Trinajstić information content (AvgIpc) is 2.77. The lowest BCUT2D eigenvalue weighted by Gasteiger charge is -2.24. The number of nitrogens with one attached hydrogen (secondary N) is 1. The van der Waals surface area contributed by atoms with Gasteiger partial charge in [-0.25, -0.2) is 4.39 Å². The van der Waals surface area contributed by atoms with Crippen LogP contribution in [0.3, 0.4) is 0 Å². The summed E-state index contributed by atoms with van der Waals surface area (Å²) in [6.07, 6.45) is 0.995. The summed E-state index contributed by atoms with van der Waals surface area (Å²) in [5.74, 6) is -0.391. The number of hydrogen-bond acceptors (Lipinski definition) is 3. The fourth-order valence-corrected chi connectivity index (χ4v) is 3.30. The van der Waals surface area contributed by atoms with E-state index in [2.05, 4.69) is 11.4 Å². The molecule has 0 spiro atoms. The van der Waals surface area contributed by atoms with Crippen LogP contribution in [0.15, 0.2) is 29.6 Å². The largest absolute Gasteiger partial charge is 0.508 e. The molecule has 0 amide bonds. The molecule has 0 aliphatic carbocycles. The maximum Gasteiger partial charge on any atom is 0.132 e. The number of hydrogen-bond donors (Lipinski definition) is 2. The van der Waals surface area contributed by atoms with Gasteiger partial charge in [-0.05, 0) is 29.5 Å². The van der Waals surface area contributed by atoms with E-state index in [1.54, 1.807) is 17.4 Å². The van der Waals surface area contributed by atoms with Crippen molar-refractivity contribution < 1.29 is 9.50 Å². The van der Waals surface area contributed by atoms with Crippen LogP contribution < -0.4 is 5.32 Å². The lowest BCUT2D eigenvalue weighted by Crippen LogP contribution is -2.29. The third-order valence-corrected chi connectivity index (χ3v) is 4.10. The fourth-order valence-electron chi connectivity index (χ4n) is 2.25. The smallest absolute Gasteiger partial charge is 0.132 e. The Morgan fingerprint density at radius 2 is 2.24 bits per heavy atom. The molecule has 3 rings (SSSR count). The number of rotatable bonds is 1. The Kier molecular flexibility index (Phi) is 2.61. The normalized spacial score (nSPS) is 19.0. The van der Waals surface area contributed by atoms with Crippen molar-refractivity contribution in [1.29, 1.82) is 0 Å². The minimum Gasteiger partial charge on any atom is -0.508 e. The number of halogens is 1. The third-order valence-electron chi connectivity index (χ3n) is 3.08. The van der Waals surface area contributed by atoms with Crippen LogP contribution in [0.4, 0.5) is 4.39 Å². The second kappa shape index (κ2) is 4.13. The number of thiophene rings is 1. The van der Waals surface area contributed by atoms with Crippen molar-refractivity contribution in [3.05, 3.63) is 51.5 Å². The van der Waals surface area contributed by atoms with Gasteiger partial charge >= 0.3 is 0 Å². The van der Waals surface area contributed by atoms with Crippen molar-refractivity contribution in [2.75, 3.05) is 6.54 Å². The maximum atomic E-state index is 13.8. The molecule has 1 unspecified atom stereocenters. The molecule has 1 aromatic heterocycles. The summed E-state index contributed by atoms with van der Waals surface area (Å²) in [5.41, 5.74) is 1.90. The van der Waals surface area contributed by atoms with Gasteiger partial charge < -0.3 is 10.4 Å². The Balaban J connectivity index is 2.06. The molecule has 2 aromatic rings. The predicted octanol–water partition coefficient (Wildman–Crippen LogP) is 2.83. The van der Waals surface area contributed by atoms with Gasteiger partial charge in [-0.3, -0.25) is 0 Å². The van der Waals surface area contributed by atoms with E-state index in [1.165, 1.54) is 22.6 Å². The molecule has 0 saturated heterocycles. The van der Waals surface area contributed by atoms with Gasteiger partial charge in [0, 0.05) is 23.1 Å². The van der Waals surface area contributed by atoms with Crippen molar-refractivity contribution >= 4 is 11.3 Å². The van der Waals surface area contributed by atoms with E-state index in [-0.39, 0.29) is 17.6 Å². The van der Waals surface area contributed by atoms with Crippen molar-refractivity contribution in [3.8, 4) is 5.75 Å². The van der Waals surface area contributed by atoms with Crippen LogP contribution in [-0.4, -0.2) is 11.7 Å². The summed E-state index contributed by atoms with van der Waals surface area (Å²) in [6.45, 7) is 0.856. The molecule has 2 nitrogen and oxygen atoms in total. The highest BCUT2D eigenvalue weighted by Crippen LogP contribution is 2.34. The van der Waals surface area contributed by atoms with Crippen LogP contribution in [0.1, 0.15) is 22.0 Å². The first kappa shape index (κ1) is 10.7. The van der Waals surface area contributed by atoms with E-state index >= 15 is 0 Å². The molecule has 2 N–H and O–H groups in total. The first-order chi connectivity index (χ1) is 8.25. The van der Waals surface area contributed by atoms with Gasteiger partial charge in [-0.15, -0.1) is 11.3 Å². The molecule has 1 aromatic carbocycles. The Hall–Kier alpha value is -1.39. The summed E-state index contributed by atoms with van der Waals surface area (Å²) in [5, 5.41) is 14.6. The van der Waals surface area contributed by atoms with Gasteiger partial charge in [0.15, 0.2) is 0 Å². The van der Waals surface area contributed by atoms with Gasteiger partial charge in [0.25, 0.3) is 0 Å². The third kappa shape index (κ3) is 1.83. The molecular weight excluding hydrogens is 237 g/mol. The molecule has 0 radical (unpaired) electrons. The van der Waals surface area contributed by atoms with E-state index in [1.807, 2.05) is 5.38 Å². The molecule has 0 fully saturated rings. The maximum absolute atomic E-state index is 13.8. The number of fused-ring (bicyclic) bond motifs is 1. The second-order valence-electron chi connectivity index (χ2n) is 4.15. The molecule has 4 heteroatoms. The van der Waals surface area contributed by atoms with E-state index in [4.69, 9.17) is 0 Å². The fraction of sp³-hybridized carbons (Fsp3) is 0.231. The highest BCUT2D eigenvalue weighted by molar-refractivity contribution is 7.10. The van der Waals surface area contributed by atoms with Gasteiger partial charge in [0.1, 0.15) is 11.6 Å². The van der Waals surface area contributed by atoms with Gasteiger partial charge in [0.05, 0.1) is 6.04 Å². The lowest BCUT2D eigenvalue weighted by atomic mass is 9.97. The second-order valence-corrected chi connectivity index (χ2v) is 5.10. The lowest BCUT2D eigenvalue weighted by molar-refractivity contribution is 0.464. The molecule has 1 aliphatic heterocycles. The molecule has 17 heavy (non-hydrogen) atoms. The highest BCUT2D eigenvalue weighted by atomic mass is 32.1. The zero-order valence-corrected chi connectivity index (χ0v) is 9.93. The summed E-state index contributed by atoms with van der Waals surface area (Å²) in [7, 11) is 0. The minimum atomic E-state index is -0.358. The SMILES string of the molecule is Oc1ccc(C2NCCc3ccsc32)c(F)c1. The van der Waals surface area contributed by atoms with E-state index < -0.39 is 0 Å². The molecule has 1 atom stereocenters. The summed E-state index contributed by atoms with van der Waals surface area (Å²) < 4.78 is 13.8. The molecule has 1 aliphatic rings. The molecule has 2 heterocycles. The Bertz CT molecular complexity index is 552. The van der Waals surface area contributed by atoms with Crippen LogP contribution in [-0.2, 0) is 6.42 Å². The Morgan fingerprint density at radius 1 is 1.35 bits per heavy atom. The zero-order valence-electron chi connectivity index (χ0n) is 9.11. The molecule has 0 saturated carbocycles. The monoisotopic (exact) mass is 249 g/mol. The molecule has 0 bridgehead atoms. The van der Waals surface area contributed by atoms with Crippen molar-refractivity contribution in [2.45, 2.75) is 12.5 Å². The average molecular weight is 249 g/mol.